The van der Waals surface area contributed by atoms with Crippen molar-refractivity contribution in [2.45, 2.75) is 184 Å². The Morgan fingerprint density at radius 2 is 1.14 bits per heavy atom. The maximum atomic E-state index is 10.9. The summed E-state index contributed by atoms with van der Waals surface area (Å²) in [6.07, 6.45) is 4.82. The number of carbonyl (C=O) groups excluding carboxylic acids is 3. The highest BCUT2D eigenvalue weighted by Gasteiger charge is 2.21. The number of aromatic nitrogens is 8. The summed E-state index contributed by atoms with van der Waals surface area (Å²) < 4.78 is 33.6. The zero-order chi connectivity index (χ0) is 51.3. The average Bonchev–Trinajstić information content (AvgIpc) is 3.70. The number of tetrazole rings is 2. The Balaban J connectivity index is -0.000000708. The maximum absolute atomic E-state index is 10.9. The highest BCUT2D eigenvalue weighted by molar-refractivity contribution is 7.90. The van der Waals surface area contributed by atoms with Gasteiger partial charge < -0.3 is 9.69 Å². The number of azo groups is 1. The van der Waals surface area contributed by atoms with Gasteiger partial charge in [-0.2, -0.15) is 9.91 Å². The number of hydrogen-bond acceptors (Lipinski definition) is 15. The molecule has 0 bridgehead atoms. The molecule has 1 unspecified atom stereocenters. The largest absolute Gasteiger partial charge is 0.344 e. The predicted octanol–water partition coefficient (Wildman–Crippen LogP) is 8.97. The van der Waals surface area contributed by atoms with Gasteiger partial charge in [-0.25, -0.2) is 18.1 Å². The zero-order valence-corrected chi connectivity index (χ0v) is 45.7. The van der Waals surface area contributed by atoms with E-state index in [4.69, 9.17) is 4.89 Å². The van der Waals surface area contributed by atoms with Gasteiger partial charge >= 0.3 is 0 Å². The maximum Gasteiger partial charge on any atom is 0.198 e. The number of rotatable bonds is 10. The minimum Gasteiger partial charge on any atom is -0.344 e. The van der Waals surface area contributed by atoms with E-state index >= 15 is 0 Å². The summed E-state index contributed by atoms with van der Waals surface area (Å²) in [6, 6.07) is 0. The van der Waals surface area contributed by atoms with E-state index in [-0.39, 0.29) is 68.7 Å². The van der Waals surface area contributed by atoms with E-state index in [1.807, 2.05) is 41.5 Å². The number of aliphatic imine (C=N–C) groups is 1. The van der Waals surface area contributed by atoms with Crippen molar-refractivity contribution in [3.05, 3.63) is 11.6 Å². The molecule has 0 aliphatic carbocycles. The highest BCUT2D eigenvalue weighted by Crippen LogP contribution is 2.41. The van der Waals surface area contributed by atoms with Crippen molar-refractivity contribution >= 4 is 40.4 Å². The second-order valence-electron chi connectivity index (χ2n) is 23.9. The number of ketones is 3. The van der Waals surface area contributed by atoms with Crippen LogP contribution in [0.15, 0.2) is 15.2 Å². The molecule has 0 saturated heterocycles. The molecule has 1 aliphatic rings. The standard InChI is InChI=1S/2C9H16N4O.C7H13N3.C7H14O.C6H15O2P.C6H14O2S/c1-7(14)6-13-8(10-11-12-13)5-9(2,3)4;1-7(14)6-13-11-8(10-12-13)5-9(2,3)4;1-7(2,3)4-6-8-5-9-10-6;1-6(8)5-7(2,3)4;2*1-6(2,3)5-9(4,7)8/h2*5-6H2,1-4H3;4-5H2,1-3H3;5H2,1-4H3;5H2,1-4H3,(H,7,8);5H2,1-4H3. The predicted molar refractivity (Wildman–Crippen MR) is 259 cm³/mol. The van der Waals surface area contributed by atoms with Crippen LogP contribution in [0.5, 0.6) is 0 Å². The Hall–Kier alpha value is -3.44. The van der Waals surface area contributed by atoms with Crippen LogP contribution in [-0.2, 0) is 54.7 Å². The van der Waals surface area contributed by atoms with Crippen LogP contribution < -0.4 is 0 Å². The van der Waals surface area contributed by atoms with Crippen LogP contribution in [-0.4, -0.2) is 108 Å². The molecule has 0 saturated carbocycles. The number of amidine groups is 1. The third-order valence-electron chi connectivity index (χ3n) is 6.65. The van der Waals surface area contributed by atoms with Gasteiger partial charge in [0.2, 0.25) is 0 Å². The molecular formula is C44H88N11O7PS. The van der Waals surface area contributed by atoms with Crippen LogP contribution in [0.3, 0.4) is 0 Å². The fourth-order valence-electron chi connectivity index (χ4n) is 5.48. The van der Waals surface area contributed by atoms with E-state index in [1.165, 1.54) is 31.6 Å². The normalized spacial score (nSPS) is 14.0. The van der Waals surface area contributed by atoms with Crippen molar-refractivity contribution in [2.75, 3.05) is 31.5 Å². The molecule has 0 aromatic carbocycles. The van der Waals surface area contributed by atoms with E-state index in [0.717, 1.165) is 30.9 Å². The van der Waals surface area contributed by atoms with Gasteiger partial charge in [-0.1, -0.05) is 125 Å². The van der Waals surface area contributed by atoms with Gasteiger partial charge in [0.05, 0.1) is 5.75 Å². The third-order valence-corrected chi connectivity index (χ3v) is 9.57. The summed E-state index contributed by atoms with van der Waals surface area (Å²) in [6.45, 7) is 44.0. The lowest BCUT2D eigenvalue weighted by atomic mass is 9.91. The molecule has 2 aromatic heterocycles. The fourth-order valence-corrected chi connectivity index (χ4v) is 8.82. The molecule has 0 fully saturated rings. The lowest BCUT2D eigenvalue weighted by Gasteiger charge is -2.19. The lowest BCUT2D eigenvalue weighted by molar-refractivity contribution is -0.119. The molecule has 18 nitrogen and oxygen atoms in total. The van der Waals surface area contributed by atoms with Gasteiger partial charge in [-0.15, -0.1) is 20.4 Å². The van der Waals surface area contributed by atoms with Crippen LogP contribution in [0.4, 0.5) is 0 Å². The first-order valence-electron chi connectivity index (χ1n) is 21.5. The fraction of sp³-hybridized carbons (Fsp3) is 0.864. The molecule has 3 heterocycles. The molecule has 2 aromatic rings. The molecule has 0 spiro atoms. The topological polar surface area (TPSA) is 247 Å². The van der Waals surface area contributed by atoms with Crippen LogP contribution in [0, 0.1) is 32.5 Å². The summed E-state index contributed by atoms with van der Waals surface area (Å²) in [7, 11) is -5.57. The second kappa shape index (κ2) is 27.3. The van der Waals surface area contributed by atoms with E-state index in [0.29, 0.717) is 25.1 Å². The van der Waals surface area contributed by atoms with Crippen molar-refractivity contribution < 1.29 is 32.3 Å². The molecule has 1 N–H and O–H groups in total. The molecule has 64 heavy (non-hydrogen) atoms. The van der Waals surface area contributed by atoms with Gasteiger partial charge in [-0.05, 0) is 68.9 Å². The van der Waals surface area contributed by atoms with Crippen LogP contribution in [0.2, 0.25) is 0 Å². The van der Waals surface area contributed by atoms with E-state index in [1.54, 1.807) is 11.6 Å². The smallest absolute Gasteiger partial charge is 0.198 e. The van der Waals surface area contributed by atoms with Crippen molar-refractivity contribution in [3.8, 4) is 0 Å². The Bertz CT molecular complexity index is 1920. The Kier molecular flexibility index (Phi) is 27.6. The molecule has 0 radical (unpaired) electrons. The zero-order valence-electron chi connectivity index (χ0n) is 44.0. The number of Topliss-reactive ketones (excluding diaryl/α,β-unsaturated/α-hetero) is 3. The number of nitrogens with zero attached hydrogens (tertiary/aromatic N) is 11. The molecule has 372 valence electrons. The van der Waals surface area contributed by atoms with Crippen LogP contribution in [0.25, 0.3) is 0 Å². The minimum atomic E-state index is -2.79. The average molecular weight is 946 g/mol. The van der Waals surface area contributed by atoms with Gasteiger partial charge in [0.25, 0.3) is 0 Å². The molecule has 1 aliphatic heterocycles. The summed E-state index contributed by atoms with van der Waals surface area (Å²) in [5.41, 5.74) is 0.591. The SMILES string of the molecule is CC(=O)CC(C)(C)C.CC(=O)Cn1nnc(CC(C)(C)C)n1.CC(=O)Cn1nnnc1CC(C)(C)C.CC(C)(C)CC1=NCN=N1.CC(C)(C)CP(C)(=O)O.CC(C)(C)CS(C)(=O)=O. The Morgan fingerprint density at radius 1 is 0.656 bits per heavy atom. The summed E-state index contributed by atoms with van der Waals surface area (Å²) >= 11 is 0. The van der Waals surface area contributed by atoms with E-state index < -0.39 is 17.2 Å². The van der Waals surface area contributed by atoms with E-state index in [9.17, 15) is 27.4 Å². The van der Waals surface area contributed by atoms with Crippen molar-refractivity contribution in [1.82, 2.24) is 40.4 Å². The molecular weight excluding hydrogens is 858 g/mol. The second-order valence-corrected chi connectivity index (χ2v) is 28.5. The van der Waals surface area contributed by atoms with Gasteiger partial charge in [0.1, 0.15) is 34.5 Å². The first kappa shape index (κ1) is 64.8. The quantitative estimate of drug-likeness (QED) is 0.219. The minimum absolute atomic E-state index is 0.0287. The Labute approximate surface area is 386 Å². The monoisotopic (exact) mass is 946 g/mol. The number of sulfone groups is 1. The summed E-state index contributed by atoms with van der Waals surface area (Å²) in [4.78, 5) is 46.5. The molecule has 3 rings (SSSR count). The first-order valence-corrected chi connectivity index (χ1v) is 25.9. The van der Waals surface area contributed by atoms with Crippen LogP contribution >= 0.6 is 7.37 Å². The van der Waals surface area contributed by atoms with Crippen molar-refractivity contribution in [3.63, 3.8) is 0 Å². The Morgan fingerprint density at radius 3 is 1.42 bits per heavy atom. The molecule has 0 amide bonds. The summed E-state index contributed by atoms with van der Waals surface area (Å²) in [5, 5.41) is 30.7. The van der Waals surface area contributed by atoms with Gasteiger partial charge in [0, 0.05) is 44.8 Å². The van der Waals surface area contributed by atoms with Crippen molar-refractivity contribution in [2.24, 2.45) is 47.7 Å². The lowest BCUT2D eigenvalue weighted by Crippen LogP contribution is -2.19. The molecule has 1 atom stereocenters. The van der Waals surface area contributed by atoms with E-state index in [2.05, 4.69) is 129 Å². The van der Waals surface area contributed by atoms with Crippen molar-refractivity contribution in [1.29, 1.82) is 0 Å². The molecule has 20 heteroatoms. The number of hydrogen-bond donors (Lipinski definition) is 1. The van der Waals surface area contributed by atoms with Crippen LogP contribution in [0.1, 0.15) is 170 Å². The van der Waals surface area contributed by atoms with Gasteiger partial charge in [-0.3, -0.25) is 14.2 Å². The van der Waals surface area contributed by atoms with Gasteiger partial charge in [0.15, 0.2) is 37.3 Å². The highest BCUT2D eigenvalue weighted by atomic mass is 32.2. The number of carbonyl (C=O) groups is 3. The first-order chi connectivity index (χ1) is 28.2. The summed E-state index contributed by atoms with van der Waals surface area (Å²) in [5.74, 6) is 2.99. The third kappa shape index (κ3) is 49.6.